The molecule has 2 fully saturated rings. The molecule has 6 heteroatoms. The lowest BCUT2D eigenvalue weighted by Crippen LogP contribution is -2.42. The molecule has 2 saturated carbocycles. The highest BCUT2D eigenvalue weighted by atomic mass is 19.3. The van der Waals surface area contributed by atoms with E-state index in [1.165, 1.54) is 6.07 Å². The van der Waals surface area contributed by atoms with E-state index in [4.69, 9.17) is 5.73 Å². The molecule has 1 aromatic carbocycles. The van der Waals surface area contributed by atoms with E-state index in [9.17, 15) is 13.6 Å². The van der Waals surface area contributed by atoms with Crippen molar-refractivity contribution in [2.24, 2.45) is 23.5 Å². The van der Waals surface area contributed by atoms with Gasteiger partial charge < -0.3 is 15.8 Å². The molecule has 2 bridgehead atoms. The zero-order valence-corrected chi connectivity index (χ0v) is 12.4. The molecule has 0 heterocycles. The maximum Gasteiger partial charge on any atom is 0.387 e. The minimum atomic E-state index is -2.89. The minimum Gasteiger partial charge on any atom is -0.434 e. The molecule has 0 spiro atoms. The first-order valence-electron chi connectivity index (χ1n) is 7.57. The van der Waals surface area contributed by atoms with Crippen molar-refractivity contribution in [3.05, 3.63) is 23.8 Å². The van der Waals surface area contributed by atoms with Gasteiger partial charge >= 0.3 is 6.61 Å². The van der Waals surface area contributed by atoms with Crippen LogP contribution in [-0.2, 0) is 4.79 Å². The van der Waals surface area contributed by atoms with Crippen LogP contribution < -0.4 is 15.8 Å². The van der Waals surface area contributed by atoms with Gasteiger partial charge in [-0.15, -0.1) is 0 Å². The second-order valence-corrected chi connectivity index (χ2v) is 6.28. The summed E-state index contributed by atoms with van der Waals surface area (Å²) in [4.78, 5) is 12.5. The number of hydrogen-bond acceptors (Lipinski definition) is 3. The molecular formula is C16H20F2N2O2. The number of nitrogens with one attached hydrogen (secondary N) is 1. The maximum absolute atomic E-state index is 12.5. The number of anilines is 1. The van der Waals surface area contributed by atoms with Gasteiger partial charge in [0, 0.05) is 17.8 Å². The van der Waals surface area contributed by atoms with Crippen LogP contribution in [0.25, 0.3) is 0 Å². The standard InChI is InChI=1S/C16H20F2N2O2/c1-8-2-5-11(7-12(8)22-16(17)18)20-15(21)13-9-3-4-10(6-9)14(13)19/h2,5,7,9-10,13-14,16H,3-4,6,19H2,1H3,(H,20,21). The lowest BCUT2D eigenvalue weighted by Gasteiger charge is -2.27. The van der Waals surface area contributed by atoms with Gasteiger partial charge in [0.05, 0.1) is 5.92 Å². The van der Waals surface area contributed by atoms with Gasteiger partial charge in [-0.1, -0.05) is 6.07 Å². The van der Waals surface area contributed by atoms with Crippen LogP contribution in [0.15, 0.2) is 18.2 Å². The Morgan fingerprint density at radius 1 is 1.36 bits per heavy atom. The Morgan fingerprint density at radius 3 is 2.73 bits per heavy atom. The highest BCUT2D eigenvalue weighted by Crippen LogP contribution is 2.48. The minimum absolute atomic E-state index is 0.0741. The molecule has 0 saturated heterocycles. The van der Waals surface area contributed by atoms with Gasteiger partial charge in [0.1, 0.15) is 5.75 Å². The van der Waals surface area contributed by atoms with Crippen LogP contribution in [0, 0.1) is 24.7 Å². The molecule has 0 aromatic heterocycles. The van der Waals surface area contributed by atoms with Crippen molar-refractivity contribution in [3.63, 3.8) is 0 Å². The second kappa shape index (κ2) is 5.83. The van der Waals surface area contributed by atoms with Crippen LogP contribution in [0.4, 0.5) is 14.5 Å². The summed E-state index contributed by atoms with van der Waals surface area (Å²) in [5.41, 5.74) is 7.21. The van der Waals surface area contributed by atoms with E-state index < -0.39 is 6.61 Å². The molecule has 2 aliphatic carbocycles. The fourth-order valence-electron chi connectivity index (χ4n) is 3.85. The molecule has 4 atom stereocenters. The predicted octanol–water partition coefficient (Wildman–Crippen LogP) is 2.91. The Kier molecular flexibility index (Phi) is 4.04. The first-order valence-corrected chi connectivity index (χ1v) is 7.57. The van der Waals surface area contributed by atoms with Gasteiger partial charge in [0.25, 0.3) is 0 Å². The van der Waals surface area contributed by atoms with Crippen molar-refractivity contribution in [2.45, 2.75) is 38.8 Å². The highest BCUT2D eigenvalue weighted by molar-refractivity contribution is 5.93. The van der Waals surface area contributed by atoms with E-state index in [1.807, 2.05) is 0 Å². The Bertz CT molecular complexity index is 577. The first-order chi connectivity index (χ1) is 10.5. The molecule has 4 nitrogen and oxygen atoms in total. The lowest BCUT2D eigenvalue weighted by molar-refractivity contribution is -0.121. The zero-order valence-electron chi connectivity index (χ0n) is 12.4. The van der Waals surface area contributed by atoms with E-state index in [0.717, 1.165) is 19.3 Å². The van der Waals surface area contributed by atoms with E-state index in [-0.39, 0.29) is 23.6 Å². The van der Waals surface area contributed by atoms with Crippen molar-refractivity contribution >= 4 is 11.6 Å². The molecule has 2 aliphatic rings. The number of alkyl halides is 2. The average molecular weight is 310 g/mol. The van der Waals surface area contributed by atoms with Crippen LogP contribution in [0.3, 0.4) is 0 Å². The Labute approximate surface area is 128 Å². The summed E-state index contributed by atoms with van der Waals surface area (Å²) in [7, 11) is 0. The number of amides is 1. The van der Waals surface area contributed by atoms with Crippen molar-refractivity contribution in [1.29, 1.82) is 0 Å². The van der Waals surface area contributed by atoms with Crippen LogP contribution in [0.5, 0.6) is 5.75 Å². The van der Waals surface area contributed by atoms with Crippen molar-refractivity contribution in [2.75, 3.05) is 5.32 Å². The van der Waals surface area contributed by atoms with E-state index >= 15 is 0 Å². The van der Waals surface area contributed by atoms with E-state index in [1.54, 1.807) is 19.1 Å². The van der Waals surface area contributed by atoms with Crippen molar-refractivity contribution < 1.29 is 18.3 Å². The summed E-state index contributed by atoms with van der Waals surface area (Å²) >= 11 is 0. The number of nitrogens with two attached hydrogens (primary N) is 1. The van der Waals surface area contributed by atoms with Crippen LogP contribution in [-0.4, -0.2) is 18.6 Å². The number of hydrogen-bond donors (Lipinski definition) is 2. The molecule has 3 rings (SSSR count). The van der Waals surface area contributed by atoms with E-state index in [2.05, 4.69) is 10.1 Å². The molecule has 3 N–H and O–H groups in total. The third-order valence-corrected chi connectivity index (χ3v) is 4.96. The monoisotopic (exact) mass is 310 g/mol. The van der Waals surface area contributed by atoms with E-state index in [0.29, 0.717) is 23.1 Å². The molecular weight excluding hydrogens is 290 g/mol. The molecule has 1 amide bonds. The van der Waals surface area contributed by atoms with Crippen molar-refractivity contribution in [1.82, 2.24) is 0 Å². The molecule has 4 unspecified atom stereocenters. The number of benzene rings is 1. The summed E-state index contributed by atoms with van der Waals surface area (Å²) in [5.74, 6) is 0.565. The number of rotatable bonds is 4. The fraction of sp³-hybridized carbons (Fsp3) is 0.562. The lowest BCUT2D eigenvalue weighted by atomic mass is 9.84. The second-order valence-electron chi connectivity index (χ2n) is 6.28. The predicted molar refractivity (Wildman–Crippen MR) is 78.7 cm³/mol. The number of ether oxygens (including phenoxy) is 1. The van der Waals surface area contributed by atoms with Crippen molar-refractivity contribution in [3.8, 4) is 5.75 Å². The Balaban J connectivity index is 1.71. The Hall–Kier alpha value is -1.69. The van der Waals surface area contributed by atoms with Crippen LogP contribution >= 0.6 is 0 Å². The van der Waals surface area contributed by atoms with Gasteiger partial charge in [0.15, 0.2) is 0 Å². The maximum atomic E-state index is 12.5. The number of carbonyl (C=O) groups excluding carboxylic acids is 1. The van der Waals surface area contributed by atoms with Gasteiger partial charge in [-0.25, -0.2) is 0 Å². The smallest absolute Gasteiger partial charge is 0.387 e. The number of aryl methyl sites for hydroxylation is 1. The average Bonchev–Trinajstić information content (AvgIpc) is 3.02. The summed E-state index contributed by atoms with van der Waals surface area (Å²) in [6.45, 7) is -1.21. The van der Waals surface area contributed by atoms with Gasteiger partial charge in [0.2, 0.25) is 5.91 Å². The van der Waals surface area contributed by atoms with Gasteiger partial charge in [-0.3, -0.25) is 4.79 Å². The fourth-order valence-corrected chi connectivity index (χ4v) is 3.85. The molecule has 1 aromatic rings. The molecule has 22 heavy (non-hydrogen) atoms. The summed E-state index contributed by atoms with van der Waals surface area (Å²) in [5, 5.41) is 2.80. The number of fused-ring (bicyclic) bond motifs is 2. The molecule has 0 radical (unpaired) electrons. The number of halogens is 2. The third-order valence-electron chi connectivity index (χ3n) is 4.96. The normalized spacial score (nSPS) is 29.9. The summed E-state index contributed by atoms with van der Waals surface area (Å²) in [6, 6.07) is 4.66. The highest BCUT2D eigenvalue weighted by Gasteiger charge is 2.49. The molecule has 120 valence electrons. The van der Waals surface area contributed by atoms with Gasteiger partial charge in [-0.05, 0) is 49.7 Å². The van der Waals surface area contributed by atoms with Gasteiger partial charge in [-0.2, -0.15) is 8.78 Å². The first kappa shape index (κ1) is 15.2. The zero-order chi connectivity index (χ0) is 15.9. The summed E-state index contributed by atoms with van der Waals surface area (Å²) < 4.78 is 29.2. The quantitative estimate of drug-likeness (QED) is 0.899. The Morgan fingerprint density at radius 2 is 2.09 bits per heavy atom. The third kappa shape index (κ3) is 2.79. The largest absolute Gasteiger partial charge is 0.434 e. The molecule has 0 aliphatic heterocycles. The van der Waals surface area contributed by atoms with Crippen LogP contribution in [0.2, 0.25) is 0 Å². The number of carbonyl (C=O) groups is 1. The topological polar surface area (TPSA) is 64.4 Å². The summed E-state index contributed by atoms with van der Waals surface area (Å²) in [6.07, 6.45) is 3.17. The van der Waals surface area contributed by atoms with Crippen LogP contribution in [0.1, 0.15) is 24.8 Å². The SMILES string of the molecule is Cc1ccc(NC(=O)C2C3CCC(C3)C2N)cc1OC(F)F.